The third kappa shape index (κ3) is 4.79. The normalized spacial score (nSPS) is 11.3. The molecule has 1 heterocycles. The van der Waals surface area contributed by atoms with Gasteiger partial charge in [0.05, 0.1) is 11.3 Å². The zero-order valence-electron chi connectivity index (χ0n) is 13.2. The minimum absolute atomic E-state index is 0.0611. The molecule has 0 saturated carbocycles. The van der Waals surface area contributed by atoms with Gasteiger partial charge in [0, 0.05) is 11.8 Å². The average Bonchev–Trinajstić information content (AvgIpc) is 2.56. The van der Waals surface area contributed by atoms with E-state index < -0.39 is 23.4 Å². The van der Waals surface area contributed by atoms with Gasteiger partial charge in [0.1, 0.15) is 11.6 Å². The number of anilines is 4. The molecule has 0 saturated heterocycles. The van der Waals surface area contributed by atoms with Crippen molar-refractivity contribution in [1.29, 1.82) is 0 Å². The first kappa shape index (κ1) is 18.8. The molecule has 2 N–H and O–H groups in total. The Bertz CT molecular complexity index is 980. The van der Waals surface area contributed by atoms with Crippen molar-refractivity contribution in [2.75, 3.05) is 10.6 Å². The molecule has 0 aliphatic rings. The van der Waals surface area contributed by atoms with Gasteiger partial charge >= 0.3 is 6.18 Å². The molecule has 0 fully saturated rings. The van der Waals surface area contributed by atoms with Crippen molar-refractivity contribution >= 4 is 34.9 Å². The number of hydrogen-bond donors (Lipinski definition) is 2. The summed E-state index contributed by atoms with van der Waals surface area (Å²) < 4.78 is 65.0. The number of nitrogens with one attached hydrogen (secondary N) is 2. The lowest BCUT2D eigenvalue weighted by molar-refractivity contribution is -0.137. The summed E-state index contributed by atoms with van der Waals surface area (Å²) in [5, 5.41) is 4.77. The second kappa shape index (κ2) is 7.31. The van der Waals surface area contributed by atoms with E-state index in [9.17, 15) is 22.0 Å². The molecule has 0 unspecified atom stereocenters. The van der Waals surface area contributed by atoms with Crippen LogP contribution in [0.3, 0.4) is 0 Å². The van der Waals surface area contributed by atoms with Crippen molar-refractivity contribution < 1.29 is 22.0 Å². The van der Waals surface area contributed by atoms with Crippen LogP contribution in [0.5, 0.6) is 0 Å². The van der Waals surface area contributed by atoms with Crippen LogP contribution in [0.25, 0.3) is 0 Å². The Labute approximate surface area is 154 Å². The Hall–Kier alpha value is -3.01. The van der Waals surface area contributed by atoms with Gasteiger partial charge in [-0.15, -0.1) is 0 Å². The fourth-order valence-electron chi connectivity index (χ4n) is 2.08. The second-order valence-corrected chi connectivity index (χ2v) is 5.54. The van der Waals surface area contributed by atoms with Crippen LogP contribution in [0.15, 0.2) is 42.5 Å². The highest BCUT2D eigenvalue weighted by molar-refractivity contribution is 6.28. The lowest BCUT2D eigenvalue weighted by atomic mass is 10.2. The highest BCUT2D eigenvalue weighted by Gasteiger charge is 2.30. The van der Waals surface area contributed by atoms with E-state index in [1.54, 1.807) is 0 Å². The maximum atomic E-state index is 13.7. The number of alkyl halides is 3. The summed E-state index contributed by atoms with van der Waals surface area (Å²) in [6.45, 7) is 0. The maximum absolute atomic E-state index is 13.7. The summed E-state index contributed by atoms with van der Waals surface area (Å²) in [6, 6.07) is 7.17. The van der Waals surface area contributed by atoms with Crippen LogP contribution < -0.4 is 10.6 Å². The zero-order valence-corrected chi connectivity index (χ0v) is 13.9. The quantitative estimate of drug-likeness (QED) is 0.580. The topological polar surface area (TPSA) is 62.7 Å². The third-order valence-electron chi connectivity index (χ3n) is 3.23. The Kier molecular flexibility index (Phi) is 5.08. The van der Waals surface area contributed by atoms with Gasteiger partial charge in [0.15, 0.2) is 0 Å². The van der Waals surface area contributed by atoms with E-state index >= 15 is 0 Å². The predicted molar refractivity (Wildman–Crippen MR) is 89.2 cm³/mol. The van der Waals surface area contributed by atoms with Gasteiger partial charge in [-0.3, -0.25) is 0 Å². The van der Waals surface area contributed by atoms with Crippen LogP contribution in [0, 0.1) is 11.6 Å². The van der Waals surface area contributed by atoms with E-state index in [1.807, 2.05) is 0 Å². The van der Waals surface area contributed by atoms with Gasteiger partial charge < -0.3 is 10.6 Å². The SMILES string of the molecule is Fc1ccc(Nc2nc(Cl)nc(Nc3cccc(C(F)(F)F)c3)n2)c(F)c1. The second-order valence-electron chi connectivity index (χ2n) is 5.20. The molecule has 0 atom stereocenters. The van der Waals surface area contributed by atoms with Crippen LogP contribution in [0.1, 0.15) is 5.56 Å². The molecular weight excluding hydrogens is 393 g/mol. The minimum Gasteiger partial charge on any atom is -0.324 e. The molecule has 1 aromatic heterocycles. The first-order valence-electron chi connectivity index (χ1n) is 7.28. The summed E-state index contributed by atoms with van der Waals surface area (Å²) in [6.07, 6.45) is -4.51. The van der Waals surface area contributed by atoms with Crippen LogP contribution in [0.4, 0.5) is 45.2 Å². The van der Waals surface area contributed by atoms with Gasteiger partial charge in [-0.2, -0.15) is 28.1 Å². The summed E-state index contributed by atoms with van der Waals surface area (Å²) in [5.41, 5.74) is -0.922. The van der Waals surface area contributed by atoms with Crippen LogP contribution in [-0.4, -0.2) is 15.0 Å². The average molecular weight is 402 g/mol. The summed E-state index contributed by atoms with van der Waals surface area (Å²) in [5.74, 6) is -2.01. The van der Waals surface area contributed by atoms with Crippen molar-refractivity contribution in [3.8, 4) is 0 Å². The van der Waals surface area contributed by atoms with Gasteiger partial charge in [-0.05, 0) is 41.9 Å². The summed E-state index contributed by atoms with van der Waals surface area (Å²) in [4.78, 5) is 11.4. The van der Waals surface area contributed by atoms with E-state index in [0.717, 1.165) is 24.3 Å². The summed E-state index contributed by atoms with van der Waals surface area (Å²) >= 11 is 5.78. The molecular formula is C16H9ClF5N5. The molecule has 0 radical (unpaired) electrons. The van der Waals surface area contributed by atoms with E-state index in [4.69, 9.17) is 11.6 Å². The smallest absolute Gasteiger partial charge is 0.324 e. The highest BCUT2D eigenvalue weighted by atomic mass is 35.5. The molecule has 27 heavy (non-hydrogen) atoms. The first-order chi connectivity index (χ1) is 12.7. The monoisotopic (exact) mass is 401 g/mol. The van der Waals surface area contributed by atoms with Gasteiger partial charge in [-0.1, -0.05) is 6.07 Å². The molecule has 3 rings (SSSR count). The zero-order chi connectivity index (χ0) is 19.6. The number of nitrogens with zero attached hydrogens (tertiary/aromatic N) is 3. The largest absolute Gasteiger partial charge is 0.416 e. The number of halogens is 6. The van der Waals surface area contributed by atoms with Crippen LogP contribution in [-0.2, 0) is 6.18 Å². The fourth-order valence-corrected chi connectivity index (χ4v) is 2.24. The van der Waals surface area contributed by atoms with Crippen molar-refractivity contribution in [1.82, 2.24) is 15.0 Å². The molecule has 0 bridgehead atoms. The Morgan fingerprint density at radius 1 is 0.852 bits per heavy atom. The van der Waals surface area contributed by atoms with E-state index in [1.165, 1.54) is 12.1 Å². The number of hydrogen-bond acceptors (Lipinski definition) is 5. The molecule has 5 nitrogen and oxygen atoms in total. The first-order valence-corrected chi connectivity index (χ1v) is 7.66. The summed E-state index contributed by atoms with van der Waals surface area (Å²) in [7, 11) is 0. The third-order valence-corrected chi connectivity index (χ3v) is 3.40. The number of aromatic nitrogens is 3. The molecule has 0 amide bonds. The molecule has 0 spiro atoms. The molecule has 3 aromatic rings. The van der Waals surface area contributed by atoms with Gasteiger partial charge in [-0.25, -0.2) is 8.78 Å². The predicted octanol–water partition coefficient (Wildman–Crippen LogP) is 5.31. The molecule has 11 heteroatoms. The molecule has 0 aliphatic heterocycles. The van der Waals surface area contributed by atoms with Crippen LogP contribution in [0.2, 0.25) is 5.28 Å². The molecule has 2 aromatic carbocycles. The van der Waals surface area contributed by atoms with E-state index in [0.29, 0.717) is 6.07 Å². The van der Waals surface area contributed by atoms with Crippen molar-refractivity contribution in [3.05, 3.63) is 64.9 Å². The maximum Gasteiger partial charge on any atom is 0.416 e. The number of rotatable bonds is 4. The van der Waals surface area contributed by atoms with Crippen molar-refractivity contribution in [3.63, 3.8) is 0 Å². The Morgan fingerprint density at radius 2 is 1.56 bits per heavy atom. The number of benzene rings is 2. The van der Waals surface area contributed by atoms with Crippen LogP contribution >= 0.6 is 11.6 Å². The van der Waals surface area contributed by atoms with Crippen molar-refractivity contribution in [2.45, 2.75) is 6.18 Å². The van der Waals surface area contributed by atoms with E-state index in [-0.39, 0.29) is 28.6 Å². The molecule has 140 valence electrons. The lowest BCUT2D eigenvalue weighted by Gasteiger charge is -2.11. The van der Waals surface area contributed by atoms with Crippen molar-refractivity contribution in [2.24, 2.45) is 0 Å². The molecule has 0 aliphatic carbocycles. The highest BCUT2D eigenvalue weighted by Crippen LogP contribution is 2.31. The van der Waals surface area contributed by atoms with Gasteiger partial charge in [0.25, 0.3) is 0 Å². The standard InChI is InChI=1S/C16H9ClF5N5/c17-13-25-14(23-10-3-1-2-8(6-10)16(20,21)22)27-15(26-13)24-12-5-4-9(18)7-11(12)19/h1-7H,(H2,23,24,25,26,27). The Morgan fingerprint density at radius 3 is 2.22 bits per heavy atom. The van der Waals surface area contributed by atoms with E-state index in [2.05, 4.69) is 25.6 Å². The Balaban J connectivity index is 1.85. The fraction of sp³-hybridized carbons (Fsp3) is 0.0625. The lowest BCUT2D eigenvalue weighted by Crippen LogP contribution is -2.07. The van der Waals surface area contributed by atoms with Gasteiger partial charge in [0.2, 0.25) is 17.2 Å². The minimum atomic E-state index is -4.51.